The Hall–Kier alpha value is -2.33. The van der Waals surface area contributed by atoms with Crippen LogP contribution in [0.1, 0.15) is 22.8 Å². The fourth-order valence-electron chi connectivity index (χ4n) is 2.23. The number of hydrogen-bond acceptors (Lipinski definition) is 3. The van der Waals surface area contributed by atoms with Gasteiger partial charge in [0.25, 0.3) is 5.91 Å². The summed E-state index contributed by atoms with van der Waals surface area (Å²) in [4.78, 5) is 12.0. The van der Waals surface area contributed by atoms with Gasteiger partial charge in [0.1, 0.15) is 11.5 Å². The topological polar surface area (TPSA) is 47.6 Å². The van der Waals surface area contributed by atoms with E-state index in [2.05, 4.69) is 5.32 Å². The molecule has 0 spiro atoms. The number of rotatable bonds is 5. The first-order valence-corrected chi connectivity index (χ1v) is 7.15. The molecule has 0 saturated carbocycles. The number of carbonyl (C=O) groups is 1. The molecule has 0 aliphatic rings. The Morgan fingerprint density at radius 2 is 1.82 bits per heavy atom. The lowest BCUT2D eigenvalue weighted by atomic mass is 10.1. The summed E-state index contributed by atoms with van der Waals surface area (Å²) in [5.41, 5.74) is 2.85. The van der Waals surface area contributed by atoms with Gasteiger partial charge in [-0.05, 0) is 37.1 Å². The molecule has 0 heterocycles. The number of benzene rings is 2. The van der Waals surface area contributed by atoms with Gasteiger partial charge < -0.3 is 14.8 Å². The third-order valence-electron chi connectivity index (χ3n) is 3.49. The monoisotopic (exact) mass is 299 g/mol. The molecule has 0 aromatic heterocycles. The average Bonchev–Trinajstić information content (AvgIpc) is 2.53. The number of hydrogen-bond donors (Lipinski definition) is 1. The van der Waals surface area contributed by atoms with Crippen LogP contribution >= 0.6 is 0 Å². The molecule has 2 rings (SSSR count). The number of likely N-dealkylation sites (N-methyl/N-ethyl adjacent to an activating group) is 1. The minimum absolute atomic E-state index is 0.209. The molecular formula is C18H21NO3. The van der Waals surface area contributed by atoms with E-state index in [1.807, 2.05) is 56.3 Å². The zero-order chi connectivity index (χ0) is 16.1. The van der Waals surface area contributed by atoms with Gasteiger partial charge in [-0.15, -0.1) is 0 Å². The Morgan fingerprint density at radius 1 is 1.09 bits per heavy atom. The zero-order valence-electron chi connectivity index (χ0n) is 13.3. The fraction of sp³-hybridized carbons (Fsp3) is 0.278. The van der Waals surface area contributed by atoms with Gasteiger partial charge in [-0.3, -0.25) is 4.79 Å². The van der Waals surface area contributed by atoms with E-state index in [0.717, 1.165) is 16.9 Å². The Bertz CT molecular complexity index is 667. The van der Waals surface area contributed by atoms with Gasteiger partial charge in [0.15, 0.2) is 6.10 Å². The summed E-state index contributed by atoms with van der Waals surface area (Å²) in [6.07, 6.45) is -0.702. The van der Waals surface area contributed by atoms with E-state index in [1.54, 1.807) is 7.05 Å². The lowest BCUT2D eigenvalue weighted by Gasteiger charge is -2.18. The maximum absolute atomic E-state index is 12.0. The second-order valence-corrected chi connectivity index (χ2v) is 5.14. The van der Waals surface area contributed by atoms with Crippen LogP contribution in [0.5, 0.6) is 11.5 Å². The molecule has 1 amide bonds. The van der Waals surface area contributed by atoms with Gasteiger partial charge >= 0.3 is 0 Å². The number of carbonyl (C=O) groups excluding carboxylic acids is 1. The number of ether oxygens (including phenoxy) is 2. The number of methoxy groups -OCH3 is 1. The molecule has 0 radical (unpaired) electrons. The SMILES string of the molecule is CNC(=O)C(OC)c1ccccc1Oc1cc(C)ccc1C. The molecule has 1 N–H and O–H groups in total. The fourth-order valence-corrected chi connectivity index (χ4v) is 2.23. The van der Waals surface area contributed by atoms with E-state index in [1.165, 1.54) is 7.11 Å². The van der Waals surface area contributed by atoms with Crippen molar-refractivity contribution in [2.75, 3.05) is 14.2 Å². The molecule has 0 saturated heterocycles. The molecule has 0 aliphatic heterocycles. The van der Waals surface area contributed by atoms with Crippen molar-refractivity contribution in [3.05, 3.63) is 59.2 Å². The van der Waals surface area contributed by atoms with Crippen LogP contribution in [0.25, 0.3) is 0 Å². The highest BCUT2D eigenvalue weighted by Crippen LogP contribution is 2.33. The molecule has 22 heavy (non-hydrogen) atoms. The van der Waals surface area contributed by atoms with E-state index in [0.29, 0.717) is 11.3 Å². The number of amides is 1. The first-order valence-electron chi connectivity index (χ1n) is 7.15. The van der Waals surface area contributed by atoms with Gasteiger partial charge in [0, 0.05) is 19.7 Å². The predicted molar refractivity (Wildman–Crippen MR) is 86.2 cm³/mol. The van der Waals surface area contributed by atoms with Crippen molar-refractivity contribution in [3.8, 4) is 11.5 Å². The molecule has 2 aromatic carbocycles. The summed E-state index contributed by atoms with van der Waals surface area (Å²) in [6, 6.07) is 13.4. The first-order chi connectivity index (χ1) is 10.6. The maximum Gasteiger partial charge on any atom is 0.253 e. The summed E-state index contributed by atoms with van der Waals surface area (Å²) >= 11 is 0. The summed E-state index contributed by atoms with van der Waals surface area (Å²) in [6.45, 7) is 4.00. The van der Waals surface area contributed by atoms with Crippen LogP contribution in [0.15, 0.2) is 42.5 Å². The first kappa shape index (κ1) is 16.0. The van der Waals surface area contributed by atoms with Gasteiger partial charge in [0.05, 0.1) is 0 Å². The summed E-state index contributed by atoms with van der Waals surface area (Å²) in [7, 11) is 3.09. The van der Waals surface area contributed by atoms with Crippen LogP contribution in [0, 0.1) is 13.8 Å². The van der Waals surface area contributed by atoms with Gasteiger partial charge in [-0.1, -0.05) is 30.3 Å². The smallest absolute Gasteiger partial charge is 0.253 e. The summed E-state index contributed by atoms with van der Waals surface area (Å²) in [5, 5.41) is 2.61. The standard InChI is InChI=1S/C18H21NO3/c1-12-9-10-13(2)16(11-12)22-15-8-6-5-7-14(15)17(21-4)18(20)19-3/h5-11,17H,1-4H3,(H,19,20). The lowest BCUT2D eigenvalue weighted by molar-refractivity contribution is -0.130. The largest absolute Gasteiger partial charge is 0.457 e. The highest BCUT2D eigenvalue weighted by molar-refractivity contribution is 5.82. The van der Waals surface area contributed by atoms with Crippen molar-refractivity contribution in [2.24, 2.45) is 0 Å². The van der Waals surface area contributed by atoms with Crippen molar-refractivity contribution in [1.29, 1.82) is 0 Å². The number of para-hydroxylation sites is 1. The van der Waals surface area contributed by atoms with Crippen LogP contribution in [-0.4, -0.2) is 20.1 Å². The Balaban J connectivity index is 2.40. The maximum atomic E-state index is 12.0. The van der Waals surface area contributed by atoms with E-state index < -0.39 is 6.10 Å². The van der Waals surface area contributed by atoms with Crippen LogP contribution < -0.4 is 10.1 Å². The molecule has 0 bridgehead atoms. The highest BCUT2D eigenvalue weighted by Gasteiger charge is 2.22. The van der Waals surface area contributed by atoms with Crippen molar-refractivity contribution < 1.29 is 14.3 Å². The summed E-state index contributed by atoms with van der Waals surface area (Å²) < 4.78 is 11.4. The predicted octanol–water partition coefficient (Wildman–Crippen LogP) is 3.53. The molecule has 2 aromatic rings. The molecule has 4 heteroatoms. The normalized spacial score (nSPS) is 11.8. The van der Waals surface area contributed by atoms with Gasteiger partial charge in [-0.25, -0.2) is 0 Å². The minimum atomic E-state index is -0.702. The van der Waals surface area contributed by atoms with Crippen molar-refractivity contribution in [3.63, 3.8) is 0 Å². The second kappa shape index (κ2) is 7.09. The quantitative estimate of drug-likeness (QED) is 0.918. The zero-order valence-corrected chi connectivity index (χ0v) is 13.3. The van der Waals surface area contributed by atoms with Crippen molar-refractivity contribution in [2.45, 2.75) is 20.0 Å². The van der Waals surface area contributed by atoms with Crippen molar-refractivity contribution in [1.82, 2.24) is 5.32 Å². The van der Waals surface area contributed by atoms with Gasteiger partial charge in [0.2, 0.25) is 0 Å². The van der Waals surface area contributed by atoms with Gasteiger partial charge in [-0.2, -0.15) is 0 Å². The number of aryl methyl sites for hydroxylation is 2. The third kappa shape index (κ3) is 3.46. The molecule has 4 nitrogen and oxygen atoms in total. The molecule has 1 atom stereocenters. The third-order valence-corrected chi connectivity index (χ3v) is 3.49. The highest BCUT2D eigenvalue weighted by atomic mass is 16.5. The van der Waals surface area contributed by atoms with E-state index >= 15 is 0 Å². The van der Waals surface area contributed by atoms with E-state index in [4.69, 9.17) is 9.47 Å². The molecule has 1 unspecified atom stereocenters. The summed E-state index contributed by atoms with van der Waals surface area (Å²) in [5.74, 6) is 1.19. The van der Waals surface area contributed by atoms with Crippen LogP contribution in [0.4, 0.5) is 0 Å². The number of nitrogens with one attached hydrogen (secondary N) is 1. The van der Waals surface area contributed by atoms with Crippen LogP contribution in [0.3, 0.4) is 0 Å². The van der Waals surface area contributed by atoms with Crippen LogP contribution in [0.2, 0.25) is 0 Å². The molecular weight excluding hydrogens is 278 g/mol. The lowest BCUT2D eigenvalue weighted by Crippen LogP contribution is -2.27. The Morgan fingerprint density at radius 3 is 2.50 bits per heavy atom. The molecule has 116 valence electrons. The van der Waals surface area contributed by atoms with E-state index in [-0.39, 0.29) is 5.91 Å². The van der Waals surface area contributed by atoms with E-state index in [9.17, 15) is 4.79 Å². The second-order valence-electron chi connectivity index (χ2n) is 5.14. The van der Waals surface area contributed by atoms with Crippen LogP contribution in [-0.2, 0) is 9.53 Å². The van der Waals surface area contributed by atoms with Crippen molar-refractivity contribution >= 4 is 5.91 Å². The average molecular weight is 299 g/mol. The molecule has 0 fully saturated rings. The minimum Gasteiger partial charge on any atom is -0.457 e. The Kier molecular flexibility index (Phi) is 5.17. The molecule has 0 aliphatic carbocycles. The Labute approximate surface area is 131 Å².